The van der Waals surface area contributed by atoms with E-state index in [1.165, 1.54) is 0 Å². The topological polar surface area (TPSA) is 51.5 Å². The van der Waals surface area contributed by atoms with Crippen LogP contribution in [-0.4, -0.2) is 41.7 Å². The highest BCUT2D eigenvalue weighted by atomic mass is 16.5. The monoisotopic (exact) mass is 342 g/mol. The number of nitrogens with zero attached hydrogens (tertiary/aromatic N) is 2. The van der Waals surface area contributed by atoms with E-state index >= 15 is 0 Å². The van der Waals surface area contributed by atoms with Crippen LogP contribution < -0.4 is 5.43 Å². The largest absolute Gasteiger partial charge is 0.381 e. The van der Waals surface area contributed by atoms with Crippen molar-refractivity contribution in [3.8, 4) is 0 Å². The molecule has 3 rings (SSSR count). The molecular formula is C20H26N2O3. The average Bonchev–Trinajstić information content (AvgIpc) is 3.08. The molecule has 5 nitrogen and oxygen atoms in total. The van der Waals surface area contributed by atoms with Gasteiger partial charge in [0.15, 0.2) is 5.43 Å². The molecule has 1 aliphatic rings. The Hall–Kier alpha value is -2.14. The van der Waals surface area contributed by atoms with Gasteiger partial charge in [-0.15, -0.1) is 0 Å². The Kier molecular flexibility index (Phi) is 5.53. The molecule has 5 heteroatoms. The second kappa shape index (κ2) is 7.83. The molecule has 134 valence electrons. The van der Waals surface area contributed by atoms with E-state index in [0.29, 0.717) is 11.3 Å². The van der Waals surface area contributed by atoms with E-state index in [1.54, 1.807) is 6.07 Å². The lowest BCUT2D eigenvalue weighted by molar-refractivity contribution is -0.130. The maximum absolute atomic E-state index is 12.8. The summed E-state index contributed by atoms with van der Waals surface area (Å²) in [6.45, 7) is 7.32. The zero-order chi connectivity index (χ0) is 17.8. The Morgan fingerprint density at radius 3 is 2.92 bits per heavy atom. The first-order valence-electron chi connectivity index (χ1n) is 9.05. The lowest BCUT2D eigenvalue weighted by atomic mass is 10.1. The molecule has 0 saturated carbocycles. The summed E-state index contributed by atoms with van der Waals surface area (Å²) in [5.41, 5.74) is 1.65. The van der Waals surface area contributed by atoms with Gasteiger partial charge >= 0.3 is 0 Å². The molecule has 2 heterocycles. The fourth-order valence-corrected chi connectivity index (χ4v) is 3.49. The van der Waals surface area contributed by atoms with Gasteiger partial charge in [0.2, 0.25) is 5.91 Å². The van der Waals surface area contributed by atoms with Crippen molar-refractivity contribution in [1.29, 1.82) is 0 Å². The molecule has 1 amide bonds. The summed E-state index contributed by atoms with van der Waals surface area (Å²) in [7, 11) is 0. The smallest absolute Gasteiger partial charge is 0.242 e. The number of aromatic nitrogens is 1. The van der Waals surface area contributed by atoms with Crippen molar-refractivity contribution in [3.63, 3.8) is 0 Å². The maximum Gasteiger partial charge on any atom is 0.242 e. The summed E-state index contributed by atoms with van der Waals surface area (Å²) in [6.07, 6.45) is 2.02. The third-order valence-corrected chi connectivity index (χ3v) is 4.86. The number of hydrogen-bond acceptors (Lipinski definition) is 3. The van der Waals surface area contributed by atoms with E-state index in [2.05, 4.69) is 6.92 Å². The number of pyridine rings is 1. The van der Waals surface area contributed by atoms with Crippen LogP contribution in [0.15, 0.2) is 35.1 Å². The van der Waals surface area contributed by atoms with E-state index in [0.717, 1.165) is 50.4 Å². The summed E-state index contributed by atoms with van der Waals surface area (Å²) >= 11 is 0. The van der Waals surface area contributed by atoms with Crippen molar-refractivity contribution in [3.05, 3.63) is 46.2 Å². The van der Waals surface area contributed by atoms with Gasteiger partial charge in [-0.1, -0.05) is 19.1 Å². The number of carbonyl (C=O) groups is 1. The van der Waals surface area contributed by atoms with E-state index < -0.39 is 0 Å². The second-order valence-electron chi connectivity index (χ2n) is 6.82. The lowest BCUT2D eigenvalue weighted by Crippen LogP contribution is -2.33. The fraction of sp³-hybridized carbons (Fsp3) is 0.500. The molecule has 1 fully saturated rings. The van der Waals surface area contributed by atoms with Crippen molar-refractivity contribution in [2.45, 2.75) is 33.2 Å². The zero-order valence-electron chi connectivity index (χ0n) is 15.0. The highest BCUT2D eigenvalue weighted by Gasteiger charge is 2.26. The molecule has 1 aromatic heterocycles. The number of rotatable bonds is 6. The van der Waals surface area contributed by atoms with Crippen molar-refractivity contribution >= 4 is 16.8 Å². The maximum atomic E-state index is 12.8. The third-order valence-electron chi connectivity index (χ3n) is 4.86. The van der Waals surface area contributed by atoms with Crippen molar-refractivity contribution in [2.75, 3.05) is 26.3 Å². The molecule has 0 bridgehead atoms. The van der Waals surface area contributed by atoms with Gasteiger partial charge in [0.1, 0.15) is 6.54 Å². The molecule has 1 aliphatic heterocycles. The summed E-state index contributed by atoms with van der Waals surface area (Å²) in [5, 5.41) is 0.660. The number of fused-ring (bicyclic) bond motifs is 1. The summed E-state index contributed by atoms with van der Waals surface area (Å²) < 4.78 is 7.57. The van der Waals surface area contributed by atoms with E-state index in [1.807, 2.05) is 40.7 Å². The molecule has 1 atom stereocenters. The Morgan fingerprint density at radius 2 is 2.12 bits per heavy atom. The van der Waals surface area contributed by atoms with E-state index in [4.69, 9.17) is 4.74 Å². The summed E-state index contributed by atoms with van der Waals surface area (Å²) in [4.78, 5) is 26.8. The van der Waals surface area contributed by atoms with Crippen LogP contribution in [-0.2, 0) is 16.1 Å². The average molecular weight is 342 g/mol. The van der Waals surface area contributed by atoms with Crippen molar-refractivity contribution in [2.24, 2.45) is 5.92 Å². The van der Waals surface area contributed by atoms with Crippen LogP contribution in [0.2, 0.25) is 0 Å². The van der Waals surface area contributed by atoms with Crippen LogP contribution >= 0.6 is 0 Å². The van der Waals surface area contributed by atoms with Gasteiger partial charge in [-0.25, -0.2) is 0 Å². The highest BCUT2D eigenvalue weighted by Crippen LogP contribution is 2.19. The number of ether oxygens (including phenoxy) is 1. The van der Waals surface area contributed by atoms with Crippen LogP contribution in [0.5, 0.6) is 0 Å². The first-order chi connectivity index (χ1) is 12.1. The molecular weight excluding hydrogens is 316 g/mol. The van der Waals surface area contributed by atoms with Crippen LogP contribution in [0.3, 0.4) is 0 Å². The predicted molar refractivity (Wildman–Crippen MR) is 98.7 cm³/mol. The molecule has 0 unspecified atom stereocenters. The standard InChI is InChI=1S/C20H26N2O3/c1-3-10-25-14-16-8-9-21(12-16)20(24)13-22-15(2)11-19(23)17-6-4-5-7-18(17)22/h4-7,11,16H,3,8-10,12-14H2,1-2H3/t16-/m0/s1. The Balaban J connectivity index is 1.72. The molecule has 0 N–H and O–H groups in total. The number of carbonyl (C=O) groups excluding carboxylic acids is 1. The van der Waals surface area contributed by atoms with E-state index in [9.17, 15) is 9.59 Å². The highest BCUT2D eigenvalue weighted by molar-refractivity contribution is 5.82. The first kappa shape index (κ1) is 17.7. The zero-order valence-corrected chi connectivity index (χ0v) is 15.0. The minimum atomic E-state index is 0.00566. The third kappa shape index (κ3) is 3.93. The van der Waals surface area contributed by atoms with Gasteiger partial charge in [0.25, 0.3) is 0 Å². The minimum absolute atomic E-state index is 0.00566. The van der Waals surface area contributed by atoms with E-state index in [-0.39, 0.29) is 17.9 Å². The van der Waals surface area contributed by atoms with Crippen LogP contribution in [0.25, 0.3) is 10.9 Å². The minimum Gasteiger partial charge on any atom is -0.381 e. The van der Waals surface area contributed by atoms with Gasteiger partial charge < -0.3 is 14.2 Å². The van der Waals surface area contributed by atoms with Crippen LogP contribution in [0.1, 0.15) is 25.5 Å². The normalized spacial score (nSPS) is 17.4. The quantitative estimate of drug-likeness (QED) is 0.758. The molecule has 1 saturated heterocycles. The van der Waals surface area contributed by atoms with Crippen LogP contribution in [0.4, 0.5) is 0 Å². The Labute approximate surface area is 148 Å². The first-order valence-corrected chi connectivity index (χ1v) is 9.05. The van der Waals surface area contributed by atoms with Crippen molar-refractivity contribution in [1.82, 2.24) is 9.47 Å². The van der Waals surface area contributed by atoms with Crippen molar-refractivity contribution < 1.29 is 9.53 Å². The molecule has 2 aromatic rings. The number of aryl methyl sites for hydroxylation is 1. The van der Waals surface area contributed by atoms with Crippen LogP contribution in [0, 0.1) is 12.8 Å². The number of likely N-dealkylation sites (tertiary alicyclic amines) is 1. The molecule has 0 spiro atoms. The SMILES string of the molecule is CCCOC[C@H]1CCN(C(=O)Cn2c(C)cc(=O)c3ccccc32)C1. The molecule has 0 radical (unpaired) electrons. The van der Waals surface area contributed by atoms with Gasteiger partial charge in [0, 0.05) is 42.8 Å². The molecule has 25 heavy (non-hydrogen) atoms. The lowest BCUT2D eigenvalue weighted by Gasteiger charge is -2.20. The number of amides is 1. The van der Waals surface area contributed by atoms with Gasteiger partial charge in [0.05, 0.1) is 12.1 Å². The molecule has 1 aromatic carbocycles. The summed E-state index contributed by atoms with van der Waals surface area (Å²) in [6, 6.07) is 9.09. The number of para-hydroxylation sites is 1. The Bertz CT molecular complexity index is 812. The molecule has 0 aliphatic carbocycles. The number of benzene rings is 1. The summed E-state index contributed by atoms with van der Waals surface area (Å²) in [5.74, 6) is 0.539. The van der Waals surface area contributed by atoms with Gasteiger partial charge in [-0.2, -0.15) is 0 Å². The fourth-order valence-electron chi connectivity index (χ4n) is 3.49. The van der Waals surface area contributed by atoms with Gasteiger partial charge in [-0.05, 0) is 31.9 Å². The van der Waals surface area contributed by atoms with Gasteiger partial charge in [-0.3, -0.25) is 9.59 Å². The predicted octanol–water partition coefficient (Wildman–Crippen LogP) is 2.59. The number of hydrogen-bond donors (Lipinski definition) is 0. The second-order valence-corrected chi connectivity index (χ2v) is 6.82. The Morgan fingerprint density at radius 1 is 1.32 bits per heavy atom.